The fourth-order valence-electron chi connectivity index (χ4n) is 2.70. The molecule has 5 nitrogen and oxygen atoms in total. The van der Waals surface area contributed by atoms with Crippen LogP contribution < -0.4 is 11.1 Å². The van der Waals surface area contributed by atoms with Gasteiger partial charge in [0.15, 0.2) is 0 Å². The molecule has 2 atom stereocenters. The number of carboxylic acids is 1. The van der Waals surface area contributed by atoms with Gasteiger partial charge in [0.25, 0.3) is 0 Å². The number of nitrogens with two attached hydrogens (primary N) is 1. The van der Waals surface area contributed by atoms with Crippen LogP contribution in [-0.2, 0) is 4.79 Å². The van der Waals surface area contributed by atoms with Gasteiger partial charge in [-0.3, -0.25) is 4.79 Å². The highest BCUT2D eigenvalue weighted by Gasteiger charge is 2.28. The van der Waals surface area contributed by atoms with Crippen LogP contribution in [-0.4, -0.2) is 23.0 Å². The summed E-state index contributed by atoms with van der Waals surface area (Å²) < 4.78 is 0. The molecule has 1 aromatic carbocycles. The van der Waals surface area contributed by atoms with Crippen LogP contribution in [0.5, 0.6) is 0 Å². The number of benzene rings is 1. The van der Waals surface area contributed by atoms with Crippen LogP contribution in [0.2, 0.25) is 0 Å². The lowest BCUT2D eigenvalue weighted by atomic mass is 9.84. The third-order valence-electron chi connectivity index (χ3n) is 3.88. The van der Waals surface area contributed by atoms with Crippen molar-refractivity contribution < 1.29 is 14.7 Å². The van der Waals surface area contributed by atoms with E-state index in [2.05, 4.69) is 5.32 Å². The second-order valence-electron chi connectivity index (χ2n) is 5.38. The minimum absolute atomic E-state index is 0.0697. The Balaban J connectivity index is 2.08. The summed E-state index contributed by atoms with van der Waals surface area (Å²) in [5.41, 5.74) is 7.48. The minimum atomic E-state index is -0.963. The molecule has 2 rings (SSSR count). The highest BCUT2D eigenvalue weighted by Crippen LogP contribution is 2.25. The van der Waals surface area contributed by atoms with Crippen LogP contribution in [0, 0.1) is 12.8 Å². The molecule has 0 radical (unpaired) electrons. The Morgan fingerprint density at radius 3 is 2.60 bits per heavy atom. The fraction of sp³-hybridized carbons (Fsp3) is 0.467. The van der Waals surface area contributed by atoms with Crippen molar-refractivity contribution in [2.45, 2.75) is 38.6 Å². The van der Waals surface area contributed by atoms with Gasteiger partial charge in [-0.15, -0.1) is 0 Å². The number of carboxylic acid groups (broad SMARTS) is 1. The monoisotopic (exact) mass is 276 g/mol. The zero-order valence-electron chi connectivity index (χ0n) is 11.6. The van der Waals surface area contributed by atoms with Crippen molar-refractivity contribution in [1.29, 1.82) is 0 Å². The van der Waals surface area contributed by atoms with E-state index < -0.39 is 5.97 Å². The summed E-state index contributed by atoms with van der Waals surface area (Å²) in [6, 6.07) is 4.72. The van der Waals surface area contributed by atoms with Crippen molar-refractivity contribution >= 4 is 17.6 Å². The molecule has 1 aliphatic carbocycles. The summed E-state index contributed by atoms with van der Waals surface area (Å²) in [7, 11) is 0. The van der Waals surface area contributed by atoms with Crippen LogP contribution in [0.25, 0.3) is 0 Å². The summed E-state index contributed by atoms with van der Waals surface area (Å²) in [5.74, 6) is -1.18. The maximum atomic E-state index is 12.2. The maximum Gasteiger partial charge on any atom is 0.335 e. The largest absolute Gasteiger partial charge is 0.478 e. The molecule has 5 heteroatoms. The van der Waals surface area contributed by atoms with Crippen molar-refractivity contribution in [1.82, 2.24) is 0 Å². The SMILES string of the molecule is Cc1cc(NC(=O)C2CCCCC2N)ccc1C(=O)O. The van der Waals surface area contributed by atoms with Crippen LogP contribution in [0.4, 0.5) is 5.69 Å². The van der Waals surface area contributed by atoms with Crippen LogP contribution >= 0.6 is 0 Å². The van der Waals surface area contributed by atoms with Gasteiger partial charge >= 0.3 is 5.97 Å². The number of carbonyl (C=O) groups is 2. The van der Waals surface area contributed by atoms with E-state index in [0.717, 1.165) is 25.7 Å². The van der Waals surface area contributed by atoms with Gasteiger partial charge in [0.1, 0.15) is 0 Å². The fourth-order valence-corrected chi connectivity index (χ4v) is 2.70. The van der Waals surface area contributed by atoms with E-state index in [1.54, 1.807) is 19.1 Å². The topological polar surface area (TPSA) is 92.4 Å². The van der Waals surface area contributed by atoms with Gasteiger partial charge in [-0.05, 0) is 43.5 Å². The average molecular weight is 276 g/mol. The number of carbonyl (C=O) groups excluding carboxylic acids is 1. The predicted molar refractivity (Wildman–Crippen MR) is 76.7 cm³/mol. The number of anilines is 1. The Labute approximate surface area is 118 Å². The van der Waals surface area contributed by atoms with Crippen molar-refractivity contribution in [3.05, 3.63) is 29.3 Å². The molecule has 2 unspecified atom stereocenters. The van der Waals surface area contributed by atoms with E-state index in [4.69, 9.17) is 10.8 Å². The lowest BCUT2D eigenvalue weighted by Gasteiger charge is -2.27. The first-order chi connectivity index (χ1) is 9.49. The molecule has 1 aromatic rings. The Kier molecular flexibility index (Phi) is 4.39. The number of amides is 1. The molecule has 1 saturated carbocycles. The smallest absolute Gasteiger partial charge is 0.335 e. The molecule has 20 heavy (non-hydrogen) atoms. The lowest BCUT2D eigenvalue weighted by molar-refractivity contribution is -0.121. The predicted octanol–water partition coefficient (Wildman–Crippen LogP) is 2.15. The van der Waals surface area contributed by atoms with Gasteiger partial charge in [-0.2, -0.15) is 0 Å². The molecule has 0 saturated heterocycles. The van der Waals surface area contributed by atoms with Gasteiger partial charge in [0, 0.05) is 11.7 Å². The van der Waals surface area contributed by atoms with Crippen molar-refractivity contribution in [2.75, 3.05) is 5.32 Å². The molecule has 0 heterocycles. The molecule has 108 valence electrons. The van der Waals surface area contributed by atoms with Crippen molar-refractivity contribution in [2.24, 2.45) is 11.7 Å². The Bertz CT molecular complexity index is 528. The number of rotatable bonds is 3. The summed E-state index contributed by atoms with van der Waals surface area (Å²) in [5, 5.41) is 11.8. The van der Waals surface area contributed by atoms with E-state index in [-0.39, 0.29) is 23.4 Å². The Morgan fingerprint density at radius 1 is 1.30 bits per heavy atom. The van der Waals surface area contributed by atoms with Gasteiger partial charge in [0.2, 0.25) is 5.91 Å². The molecule has 4 N–H and O–H groups in total. The number of aryl methyl sites for hydroxylation is 1. The van der Waals surface area contributed by atoms with Crippen molar-refractivity contribution in [3.8, 4) is 0 Å². The highest BCUT2D eigenvalue weighted by molar-refractivity contribution is 5.94. The summed E-state index contributed by atoms with van der Waals surface area (Å²) in [4.78, 5) is 23.1. The number of hydrogen-bond acceptors (Lipinski definition) is 3. The molecule has 0 aromatic heterocycles. The van der Waals surface area contributed by atoms with E-state index in [1.807, 2.05) is 0 Å². The van der Waals surface area contributed by atoms with Crippen LogP contribution in [0.3, 0.4) is 0 Å². The van der Waals surface area contributed by atoms with Crippen molar-refractivity contribution in [3.63, 3.8) is 0 Å². The van der Waals surface area contributed by atoms with Gasteiger partial charge in [-0.25, -0.2) is 4.79 Å². The lowest BCUT2D eigenvalue weighted by Crippen LogP contribution is -2.40. The second-order valence-corrected chi connectivity index (χ2v) is 5.38. The second kappa shape index (κ2) is 6.05. The Hall–Kier alpha value is -1.88. The average Bonchev–Trinajstić information content (AvgIpc) is 2.38. The molecular weight excluding hydrogens is 256 g/mol. The minimum Gasteiger partial charge on any atom is -0.478 e. The van der Waals surface area contributed by atoms with Gasteiger partial charge < -0.3 is 16.2 Å². The summed E-state index contributed by atoms with van der Waals surface area (Å²) in [6.45, 7) is 1.71. The summed E-state index contributed by atoms with van der Waals surface area (Å²) >= 11 is 0. The quantitative estimate of drug-likeness (QED) is 0.788. The van der Waals surface area contributed by atoms with Crippen LogP contribution in [0.15, 0.2) is 18.2 Å². The zero-order valence-corrected chi connectivity index (χ0v) is 11.6. The maximum absolute atomic E-state index is 12.2. The molecule has 0 spiro atoms. The number of nitrogens with one attached hydrogen (secondary N) is 1. The molecule has 0 bridgehead atoms. The molecule has 1 fully saturated rings. The number of hydrogen-bond donors (Lipinski definition) is 3. The molecule has 1 amide bonds. The van der Waals surface area contributed by atoms with Crippen LogP contribution in [0.1, 0.15) is 41.6 Å². The zero-order chi connectivity index (χ0) is 14.7. The first-order valence-corrected chi connectivity index (χ1v) is 6.89. The molecule has 0 aliphatic heterocycles. The third-order valence-corrected chi connectivity index (χ3v) is 3.88. The van der Waals surface area contributed by atoms with E-state index in [9.17, 15) is 9.59 Å². The molecule has 1 aliphatic rings. The van der Waals surface area contributed by atoms with E-state index >= 15 is 0 Å². The standard InChI is InChI=1S/C15H20N2O3/c1-9-8-10(6-7-11(9)15(19)20)17-14(18)12-4-2-3-5-13(12)16/h6-8,12-13H,2-5,16H2,1H3,(H,17,18)(H,19,20). The summed E-state index contributed by atoms with van der Waals surface area (Å²) in [6.07, 6.45) is 3.81. The van der Waals surface area contributed by atoms with Gasteiger partial charge in [-0.1, -0.05) is 12.8 Å². The normalized spacial score (nSPS) is 22.3. The van der Waals surface area contributed by atoms with Gasteiger partial charge in [0.05, 0.1) is 11.5 Å². The third kappa shape index (κ3) is 3.17. The number of aromatic carboxylic acids is 1. The van der Waals surface area contributed by atoms with E-state index in [0.29, 0.717) is 11.3 Å². The first kappa shape index (κ1) is 14.5. The molecular formula is C15H20N2O3. The highest BCUT2D eigenvalue weighted by atomic mass is 16.4. The Morgan fingerprint density at radius 2 is 2.00 bits per heavy atom. The first-order valence-electron chi connectivity index (χ1n) is 6.89. The van der Waals surface area contributed by atoms with E-state index in [1.165, 1.54) is 6.07 Å².